The SMILES string of the molecule is CC(C)NCc1cc(Cl)ccc1SC(C)C. The molecule has 3 heteroatoms. The van der Waals surface area contributed by atoms with Crippen molar-refractivity contribution in [2.75, 3.05) is 0 Å². The number of benzene rings is 1. The molecule has 0 spiro atoms. The molecule has 1 aromatic carbocycles. The number of nitrogens with one attached hydrogen (secondary N) is 1. The Kier molecular flexibility index (Phi) is 5.67. The van der Waals surface area contributed by atoms with Crippen LogP contribution in [-0.2, 0) is 6.54 Å². The van der Waals surface area contributed by atoms with Crippen molar-refractivity contribution in [2.45, 2.75) is 50.4 Å². The van der Waals surface area contributed by atoms with Gasteiger partial charge in [0, 0.05) is 27.8 Å². The molecule has 0 aliphatic carbocycles. The molecule has 1 nitrogen and oxygen atoms in total. The zero-order valence-corrected chi connectivity index (χ0v) is 12.0. The quantitative estimate of drug-likeness (QED) is 0.788. The maximum Gasteiger partial charge on any atom is 0.0410 e. The van der Waals surface area contributed by atoms with E-state index in [0.29, 0.717) is 11.3 Å². The Labute approximate surface area is 108 Å². The van der Waals surface area contributed by atoms with E-state index in [1.165, 1.54) is 10.5 Å². The van der Waals surface area contributed by atoms with Gasteiger partial charge in [-0.25, -0.2) is 0 Å². The second-order valence-corrected chi connectivity index (χ2v) is 6.51. The summed E-state index contributed by atoms with van der Waals surface area (Å²) >= 11 is 7.92. The van der Waals surface area contributed by atoms with E-state index in [2.05, 4.69) is 45.1 Å². The molecule has 0 fully saturated rings. The van der Waals surface area contributed by atoms with Crippen LogP contribution in [0, 0.1) is 0 Å². The third kappa shape index (κ3) is 4.77. The molecule has 0 atom stereocenters. The number of thioether (sulfide) groups is 1. The fourth-order valence-electron chi connectivity index (χ4n) is 1.37. The highest BCUT2D eigenvalue weighted by atomic mass is 35.5. The van der Waals surface area contributed by atoms with Gasteiger partial charge in [-0.2, -0.15) is 0 Å². The van der Waals surface area contributed by atoms with Crippen LogP contribution >= 0.6 is 23.4 Å². The van der Waals surface area contributed by atoms with Crippen LogP contribution in [0.2, 0.25) is 5.02 Å². The lowest BCUT2D eigenvalue weighted by atomic mass is 10.2. The van der Waals surface area contributed by atoms with Gasteiger partial charge in [-0.3, -0.25) is 0 Å². The minimum Gasteiger partial charge on any atom is -0.310 e. The van der Waals surface area contributed by atoms with Crippen LogP contribution in [0.1, 0.15) is 33.3 Å². The van der Waals surface area contributed by atoms with Gasteiger partial charge < -0.3 is 5.32 Å². The van der Waals surface area contributed by atoms with E-state index in [0.717, 1.165) is 11.6 Å². The maximum absolute atomic E-state index is 6.03. The van der Waals surface area contributed by atoms with Gasteiger partial charge in [0.25, 0.3) is 0 Å². The number of hydrogen-bond donors (Lipinski definition) is 1. The molecule has 1 aromatic rings. The van der Waals surface area contributed by atoms with Crippen molar-refractivity contribution in [1.29, 1.82) is 0 Å². The molecule has 16 heavy (non-hydrogen) atoms. The second kappa shape index (κ2) is 6.53. The Morgan fingerprint density at radius 2 is 1.94 bits per heavy atom. The Balaban J connectivity index is 2.81. The average molecular weight is 258 g/mol. The lowest BCUT2D eigenvalue weighted by Crippen LogP contribution is -2.22. The lowest BCUT2D eigenvalue weighted by Gasteiger charge is -2.14. The Bertz CT molecular complexity index is 337. The number of halogens is 1. The summed E-state index contributed by atoms with van der Waals surface area (Å²) in [6.45, 7) is 9.60. The largest absolute Gasteiger partial charge is 0.310 e. The summed E-state index contributed by atoms with van der Waals surface area (Å²) in [5.41, 5.74) is 1.29. The van der Waals surface area contributed by atoms with E-state index in [9.17, 15) is 0 Å². The summed E-state index contributed by atoms with van der Waals surface area (Å²) in [4.78, 5) is 1.33. The molecule has 1 N–H and O–H groups in total. The molecule has 0 aliphatic heterocycles. The van der Waals surface area contributed by atoms with E-state index in [4.69, 9.17) is 11.6 Å². The Hall–Kier alpha value is -0.180. The normalized spacial score (nSPS) is 11.4. The van der Waals surface area contributed by atoms with E-state index in [1.54, 1.807) is 0 Å². The van der Waals surface area contributed by atoms with Gasteiger partial charge in [0.2, 0.25) is 0 Å². The zero-order chi connectivity index (χ0) is 12.1. The Morgan fingerprint density at radius 1 is 1.25 bits per heavy atom. The molecule has 90 valence electrons. The summed E-state index contributed by atoms with van der Waals surface area (Å²) < 4.78 is 0. The maximum atomic E-state index is 6.03. The topological polar surface area (TPSA) is 12.0 Å². The highest BCUT2D eigenvalue weighted by molar-refractivity contribution is 8.00. The van der Waals surface area contributed by atoms with Gasteiger partial charge >= 0.3 is 0 Å². The molecule has 0 saturated heterocycles. The summed E-state index contributed by atoms with van der Waals surface area (Å²) in [5, 5.41) is 4.84. The van der Waals surface area contributed by atoms with Gasteiger partial charge in [-0.1, -0.05) is 39.3 Å². The second-order valence-electron chi connectivity index (χ2n) is 4.45. The van der Waals surface area contributed by atoms with E-state index in [1.807, 2.05) is 17.8 Å². The molecule has 0 saturated carbocycles. The fourth-order valence-corrected chi connectivity index (χ4v) is 2.50. The summed E-state index contributed by atoms with van der Waals surface area (Å²) in [6, 6.07) is 6.63. The standard InChI is InChI=1S/C13H20ClNS/c1-9(2)15-8-11-7-12(14)5-6-13(11)16-10(3)4/h5-7,9-10,15H,8H2,1-4H3. The minimum absolute atomic E-state index is 0.496. The predicted octanol–water partition coefficient (Wildman–Crippen LogP) is 4.34. The van der Waals surface area contributed by atoms with E-state index in [-0.39, 0.29) is 0 Å². The lowest BCUT2D eigenvalue weighted by molar-refractivity contribution is 0.585. The van der Waals surface area contributed by atoms with Crippen molar-refractivity contribution in [3.05, 3.63) is 28.8 Å². The van der Waals surface area contributed by atoms with Crippen LogP contribution in [0.3, 0.4) is 0 Å². The van der Waals surface area contributed by atoms with Gasteiger partial charge in [-0.05, 0) is 23.8 Å². The molecule has 0 bridgehead atoms. The molecule has 0 unspecified atom stereocenters. The zero-order valence-electron chi connectivity index (χ0n) is 10.4. The molecule has 0 amide bonds. The van der Waals surface area contributed by atoms with Gasteiger partial charge in [0.1, 0.15) is 0 Å². The van der Waals surface area contributed by atoms with Crippen LogP contribution in [0.15, 0.2) is 23.1 Å². The summed E-state index contributed by atoms with van der Waals surface area (Å²) in [7, 11) is 0. The smallest absolute Gasteiger partial charge is 0.0410 e. The van der Waals surface area contributed by atoms with Crippen molar-refractivity contribution in [1.82, 2.24) is 5.32 Å². The molecule has 1 rings (SSSR count). The van der Waals surface area contributed by atoms with E-state index < -0.39 is 0 Å². The van der Waals surface area contributed by atoms with Crippen LogP contribution in [0.4, 0.5) is 0 Å². The molecular weight excluding hydrogens is 238 g/mol. The van der Waals surface area contributed by atoms with Crippen LogP contribution < -0.4 is 5.32 Å². The molecule has 0 radical (unpaired) electrons. The minimum atomic E-state index is 0.496. The van der Waals surface area contributed by atoms with Gasteiger partial charge in [-0.15, -0.1) is 11.8 Å². The molecule has 0 heterocycles. The van der Waals surface area contributed by atoms with Gasteiger partial charge in [0.05, 0.1) is 0 Å². The average Bonchev–Trinajstić information content (AvgIpc) is 2.17. The molecular formula is C13H20ClNS. The molecule has 0 aliphatic rings. The first kappa shape index (κ1) is 13.9. The molecule has 0 aromatic heterocycles. The summed E-state index contributed by atoms with van der Waals surface area (Å²) in [6.07, 6.45) is 0. The first-order valence-electron chi connectivity index (χ1n) is 5.67. The number of rotatable bonds is 5. The fraction of sp³-hybridized carbons (Fsp3) is 0.538. The first-order chi connectivity index (χ1) is 7.49. The van der Waals surface area contributed by atoms with Crippen molar-refractivity contribution >= 4 is 23.4 Å². The number of hydrogen-bond acceptors (Lipinski definition) is 2. The highest BCUT2D eigenvalue weighted by Crippen LogP contribution is 2.28. The van der Waals surface area contributed by atoms with Gasteiger partial charge in [0.15, 0.2) is 0 Å². The van der Waals surface area contributed by atoms with Crippen molar-refractivity contribution in [3.8, 4) is 0 Å². The predicted molar refractivity (Wildman–Crippen MR) is 74.4 cm³/mol. The van der Waals surface area contributed by atoms with Crippen LogP contribution in [0.5, 0.6) is 0 Å². The van der Waals surface area contributed by atoms with Crippen molar-refractivity contribution in [3.63, 3.8) is 0 Å². The summed E-state index contributed by atoms with van der Waals surface area (Å²) in [5.74, 6) is 0. The monoisotopic (exact) mass is 257 g/mol. The Morgan fingerprint density at radius 3 is 2.50 bits per heavy atom. The van der Waals surface area contributed by atoms with Crippen molar-refractivity contribution in [2.24, 2.45) is 0 Å². The van der Waals surface area contributed by atoms with Crippen LogP contribution in [-0.4, -0.2) is 11.3 Å². The van der Waals surface area contributed by atoms with Crippen molar-refractivity contribution < 1.29 is 0 Å². The highest BCUT2D eigenvalue weighted by Gasteiger charge is 2.06. The first-order valence-corrected chi connectivity index (χ1v) is 6.93. The van der Waals surface area contributed by atoms with E-state index >= 15 is 0 Å². The van der Waals surface area contributed by atoms with Crippen LogP contribution in [0.25, 0.3) is 0 Å². The third-order valence-electron chi connectivity index (χ3n) is 2.09. The third-order valence-corrected chi connectivity index (χ3v) is 3.44.